The van der Waals surface area contributed by atoms with E-state index in [1.807, 2.05) is 36.4 Å². The lowest BCUT2D eigenvalue weighted by molar-refractivity contribution is -0.116. The molecule has 2 aromatic carbocycles. The molecule has 0 aliphatic carbocycles. The Labute approximate surface area is 143 Å². The van der Waals surface area contributed by atoms with Crippen LogP contribution < -0.4 is 14.8 Å². The number of anilines is 1. The van der Waals surface area contributed by atoms with Gasteiger partial charge in [-0.05, 0) is 47.7 Å². The van der Waals surface area contributed by atoms with E-state index in [9.17, 15) is 4.79 Å². The summed E-state index contributed by atoms with van der Waals surface area (Å²) in [6.07, 6.45) is 1.07. The van der Waals surface area contributed by atoms with Gasteiger partial charge in [-0.15, -0.1) is 0 Å². The highest BCUT2D eigenvalue weighted by Crippen LogP contribution is 2.28. The van der Waals surface area contributed by atoms with Crippen molar-refractivity contribution in [1.29, 1.82) is 0 Å². The number of amides is 1. The van der Waals surface area contributed by atoms with Crippen molar-refractivity contribution in [2.24, 2.45) is 0 Å². The molecule has 0 radical (unpaired) electrons. The molecule has 2 aromatic rings. The first-order valence-electron chi connectivity index (χ1n) is 8.14. The van der Waals surface area contributed by atoms with E-state index in [0.29, 0.717) is 30.3 Å². The van der Waals surface area contributed by atoms with Gasteiger partial charge < -0.3 is 14.8 Å². The molecule has 2 rings (SSSR count). The maximum absolute atomic E-state index is 12.2. The van der Waals surface area contributed by atoms with Crippen LogP contribution in [0.1, 0.15) is 37.3 Å². The molecule has 0 unspecified atom stereocenters. The predicted octanol–water partition coefficient (Wildman–Crippen LogP) is 4.40. The summed E-state index contributed by atoms with van der Waals surface area (Å²) < 4.78 is 10.5. The molecular formula is C20H25NO3. The summed E-state index contributed by atoms with van der Waals surface area (Å²) in [5, 5.41) is 2.96. The fraction of sp³-hybridized carbons (Fsp3) is 0.350. The predicted molar refractivity (Wildman–Crippen MR) is 97.0 cm³/mol. The van der Waals surface area contributed by atoms with E-state index in [1.165, 1.54) is 5.56 Å². The Bertz CT molecular complexity index is 695. The van der Waals surface area contributed by atoms with Gasteiger partial charge in [0.2, 0.25) is 5.91 Å². The monoisotopic (exact) mass is 327 g/mol. The molecule has 4 nitrogen and oxygen atoms in total. The van der Waals surface area contributed by atoms with Crippen molar-refractivity contribution in [2.75, 3.05) is 19.5 Å². The second-order valence-corrected chi connectivity index (χ2v) is 6.02. The van der Waals surface area contributed by atoms with E-state index >= 15 is 0 Å². The van der Waals surface area contributed by atoms with Crippen LogP contribution in [0.3, 0.4) is 0 Å². The van der Waals surface area contributed by atoms with E-state index in [1.54, 1.807) is 14.2 Å². The third kappa shape index (κ3) is 4.75. The number of benzene rings is 2. The molecule has 0 saturated carbocycles. The Hall–Kier alpha value is -2.49. The van der Waals surface area contributed by atoms with Crippen LogP contribution in [0.5, 0.6) is 11.5 Å². The van der Waals surface area contributed by atoms with Crippen molar-refractivity contribution in [3.8, 4) is 11.5 Å². The Balaban J connectivity index is 1.95. The third-order valence-electron chi connectivity index (χ3n) is 3.93. The average molecular weight is 327 g/mol. The Morgan fingerprint density at radius 1 is 1.04 bits per heavy atom. The molecule has 0 aromatic heterocycles. The quantitative estimate of drug-likeness (QED) is 0.820. The lowest BCUT2D eigenvalue weighted by Crippen LogP contribution is -2.12. The van der Waals surface area contributed by atoms with E-state index in [0.717, 1.165) is 11.3 Å². The standard InChI is InChI=1S/C20H25NO3/c1-14(2)16-6-5-7-17(13-16)21-20(22)11-9-15-8-10-18(23-3)19(12-15)24-4/h5-8,10,12-14H,9,11H2,1-4H3,(H,21,22). The first kappa shape index (κ1) is 17.9. The smallest absolute Gasteiger partial charge is 0.224 e. The number of methoxy groups -OCH3 is 2. The third-order valence-corrected chi connectivity index (χ3v) is 3.93. The minimum Gasteiger partial charge on any atom is -0.493 e. The molecule has 1 amide bonds. The second kappa shape index (κ2) is 8.39. The van der Waals surface area contributed by atoms with Crippen LogP contribution in [0.15, 0.2) is 42.5 Å². The highest BCUT2D eigenvalue weighted by atomic mass is 16.5. The molecule has 0 saturated heterocycles. The number of aryl methyl sites for hydroxylation is 1. The highest BCUT2D eigenvalue weighted by molar-refractivity contribution is 5.90. The topological polar surface area (TPSA) is 47.6 Å². The van der Waals surface area contributed by atoms with Crippen molar-refractivity contribution in [2.45, 2.75) is 32.6 Å². The summed E-state index contributed by atoms with van der Waals surface area (Å²) in [7, 11) is 3.21. The van der Waals surface area contributed by atoms with Crippen LogP contribution in [0.4, 0.5) is 5.69 Å². The van der Waals surface area contributed by atoms with Crippen LogP contribution in [0, 0.1) is 0 Å². The summed E-state index contributed by atoms with van der Waals surface area (Å²) in [6.45, 7) is 4.27. The Morgan fingerprint density at radius 2 is 1.79 bits per heavy atom. The maximum atomic E-state index is 12.2. The van der Waals surface area contributed by atoms with E-state index in [-0.39, 0.29) is 5.91 Å². The molecule has 0 fully saturated rings. The first-order valence-corrected chi connectivity index (χ1v) is 8.14. The molecule has 0 aliphatic rings. The van der Waals surface area contributed by atoms with Crippen LogP contribution in [-0.2, 0) is 11.2 Å². The fourth-order valence-corrected chi connectivity index (χ4v) is 2.49. The number of hydrogen-bond acceptors (Lipinski definition) is 3. The lowest BCUT2D eigenvalue weighted by atomic mass is 10.0. The number of hydrogen-bond donors (Lipinski definition) is 1. The van der Waals surface area contributed by atoms with Crippen LogP contribution in [0.25, 0.3) is 0 Å². The maximum Gasteiger partial charge on any atom is 0.224 e. The molecule has 0 heterocycles. The summed E-state index contributed by atoms with van der Waals surface area (Å²) >= 11 is 0. The van der Waals surface area contributed by atoms with Crippen molar-refractivity contribution in [3.05, 3.63) is 53.6 Å². The van der Waals surface area contributed by atoms with Gasteiger partial charge in [0.15, 0.2) is 11.5 Å². The van der Waals surface area contributed by atoms with Gasteiger partial charge in [-0.25, -0.2) is 0 Å². The normalized spacial score (nSPS) is 10.5. The minimum absolute atomic E-state index is 0.00527. The largest absolute Gasteiger partial charge is 0.493 e. The van der Waals surface area contributed by atoms with Crippen LogP contribution >= 0.6 is 0 Å². The van der Waals surface area contributed by atoms with Gasteiger partial charge >= 0.3 is 0 Å². The van der Waals surface area contributed by atoms with Gasteiger partial charge in [0, 0.05) is 12.1 Å². The van der Waals surface area contributed by atoms with Gasteiger partial charge in [-0.2, -0.15) is 0 Å². The number of nitrogens with one attached hydrogen (secondary N) is 1. The molecular weight excluding hydrogens is 302 g/mol. The first-order chi connectivity index (χ1) is 11.5. The van der Waals surface area contributed by atoms with E-state index in [4.69, 9.17) is 9.47 Å². The van der Waals surface area contributed by atoms with Gasteiger partial charge in [0.05, 0.1) is 14.2 Å². The van der Waals surface area contributed by atoms with E-state index < -0.39 is 0 Å². The average Bonchev–Trinajstić information content (AvgIpc) is 2.59. The zero-order valence-electron chi connectivity index (χ0n) is 14.8. The fourth-order valence-electron chi connectivity index (χ4n) is 2.49. The Morgan fingerprint density at radius 3 is 2.46 bits per heavy atom. The SMILES string of the molecule is COc1ccc(CCC(=O)Nc2cccc(C(C)C)c2)cc1OC. The molecule has 128 valence electrons. The summed E-state index contributed by atoms with van der Waals surface area (Å²) in [5.74, 6) is 1.82. The number of carbonyl (C=O) groups excluding carboxylic acids is 1. The van der Waals surface area contributed by atoms with Crippen molar-refractivity contribution >= 4 is 11.6 Å². The number of carbonyl (C=O) groups is 1. The van der Waals surface area contributed by atoms with Crippen molar-refractivity contribution < 1.29 is 14.3 Å². The highest BCUT2D eigenvalue weighted by Gasteiger charge is 2.08. The van der Waals surface area contributed by atoms with Crippen molar-refractivity contribution in [1.82, 2.24) is 0 Å². The molecule has 0 bridgehead atoms. The minimum atomic E-state index is 0.00527. The van der Waals surface area contributed by atoms with Gasteiger partial charge in [-0.3, -0.25) is 4.79 Å². The van der Waals surface area contributed by atoms with E-state index in [2.05, 4.69) is 25.2 Å². The zero-order valence-corrected chi connectivity index (χ0v) is 14.8. The van der Waals surface area contributed by atoms with Crippen LogP contribution in [0.2, 0.25) is 0 Å². The Kier molecular flexibility index (Phi) is 6.24. The zero-order chi connectivity index (χ0) is 17.5. The molecule has 4 heteroatoms. The molecule has 0 spiro atoms. The summed E-state index contributed by atoms with van der Waals surface area (Å²) in [4.78, 5) is 12.2. The summed E-state index contributed by atoms with van der Waals surface area (Å²) in [6, 6.07) is 13.7. The molecule has 24 heavy (non-hydrogen) atoms. The van der Waals surface area contributed by atoms with Gasteiger partial charge in [0.25, 0.3) is 0 Å². The molecule has 1 N–H and O–H groups in total. The van der Waals surface area contributed by atoms with Gasteiger partial charge in [-0.1, -0.05) is 32.0 Å². The molecule has 0 atom stereocenters. The molecule has 0 aliphatic heterocycles. The van der Waals surface area contributed by atoms with Crippen LogP contribution in [-0.4, -0.2) is 20.1 Å². The second-order valence-electron chi connectivity index (χ2n) is 6.02. The van der Waals surface area contributed by atoms with Gasteiger partial charge in [0.1, 0.15) is 0 Å². The number of ether oxygens (including phenoxy) is 2. The van der Waals surface area contributed by atoms with Crippen molar-refractivity contribution in [3.63, 3.8) is 0 Å². The summed E-state index contributed by atoms with van der Waals surface area (Å²) in [5.41, 5.74) is 3.10. The lowest BCUT2D eigenvalue weighted by Gasteiger charge is -2.11. The number of rotatable bonds is 7.